The Balaban J connectivity index is 2.96. The first-order valence-electron chi connectivity index (χ1n) is 4.05. The van der Waals surface area contributed by atoms with Gasteiger partial charge in [0.2, 0.25) is 0 Å². The molecule has 1 aromatic rings. The van der Waals surface area contributed by atoms with Crippen molar-refractivity contribution in [2.24, 2.45) is 0 Å². The first-order valence-corrected chi connectivity index (χ1v) is 5.12. The second-order valence-corrected chi connectivity index (χ2v) is 4.14. The van der Waals surface area contributed by atoms with Crippen molar-refractivity contribution in [3.05, 3.63) is 27.3 Å². The van der Waals surface area contributed by atoms with Crippen molar-refractivity contribution in [1.82, 2.24) is 0 Å². The van der Waals surface area contributed by atoms with Crippen LogP contribution in [0.4, 0.5) is 0 Å². The SMILES string of the molecule is CC(C)Oc1cc(C=O)ccc1I. The van der Waals surface area contributed by atoms with Gasteiger partial charge >= 0.3 is 0 Å². The number of aldehydes is 1. The highest BCUT2D eigenvalue weighted by atomic mass is 127. The molecule has 0 atom stereocenters. The summed E-state index contributed by atoms with van der Waals surface area (Å²) in [5.41, 5.74) is 0.649. The summed E-state index contributed by atoms with van der Waals surface area (Å²) in [4.78, 5) is 10.5. The summed E-state index contributed by atoms with van der Waals surface area (Å²) in [5, 5.41) is 0. The van der Waals surface area contributed by atoms with Gasteiger partial charge in [0, 0.05) is 5.56 Å². The average Bonchev–Trinajstić information content (AvgIpc) is 2.08. The van der Waals surface area contributed by atoms with Crippen molar-refractivity contribution in [1.29, 1.82) is 0 Å². The van der Waals surface area contributed by atoms with Crippen LogP contribution < -0.4 is 4.74 Å². The quantitative estimate of drug-likeness (QED) is 0.632. The number of halogens is 1. The Morgan fingerprint density at radius 3 is 2.69 bits per heavy atom. The van der Waals surface area contributed by atoms with Crippen molar-refractivity contribution in [2.75, 3.05) is 0 Å². The molecule has 0 amide bonds. The molecule has 1 aromatic carbocycles. The molecule has 0 saturated heterocycles. The molecule has 0 aromatic heterocycles. The van der Waals surface area contributed by atoms with E-state index in [4.69, 9.17) is 4.74 Å². The maximum Gasteiger partial charge on any atom is 0.150 e. The van der Waals surface area contributed by atoms with Gasteiger partial charge in [-0.2, -0.15) is 0 Å². The van der Waals surface area contributed by atoms with E-state index in [2.05, 4.69) is 22.6 Å². The first kappa shape index (κ1) is 10.5. The van der Waals surface area contributed by atoms with Crippen LogP contribution in [0.3, 0.4) is 0 Å². The third kappa shape index (κ3) is 2.99. The molecule has 0 fully saturated rings. The van der Waals surface area contributed by atoms with Gasteiger partial charge in [-0.05, 0) is 48.6 Å². The van der Waals surface area contributed by atoms with Crippen molar-refractivity contribution >= 4 is 28.9 Å². The van der Waals surface area contributed by atoms with E-state index in [9.17, 15) is 4.79 Å². The van der Waals surface area contributed by atoms with Gasteiger partial charge in [-0.15, -0.1) is 0 Å². The lowest BCUT2D eigenvalue weighted by Crippen LogP contribution is -2.06. The highest BCUT2D eigenvalue weighted by Crippen LogP contribution is 2.22. The van der Waals surface area contributed by atoms with E-state index in [0.717, 1.165) is 15.6 Å². The highest BCUT2D eigenvalue weighted by Gasteiger charge is 2.03. The predicted molar refractivity (Wildman–Crippen MR) is 60.3 cm³/mol. The zero-order valence-electron chi connectivity index (χ0n) is 7.58. The summed E-state index contributed by atoms with van der Waals surface area (Å²) < 4.78 is 6.55. The van der Waals surface area contributed by atoms with E-state index in [1.807, 2.05) is 19.9 Å². The van der Waals surface area contributed by atoms with Crippen LogP contribution in [0.25, 0.3) is 0 Å². The van der Waals surface area contributed by atoms with Crippen LogP contribution in [0.2, 0.25) is 0 Å². The number of hydrogen-bond donors (Lipinski definition) is 0. The van der Waals surface area contributed by atoms with Crippen molar-refractivity contribution in [2.45, 2.75) is 20.0 Å². The van der Waals surface area contributed by atoms with Crippen LogP contribution in [0, 0.1) is 3.57 Å². The van der Waals surface area contributed by atoms with Crippen LogP contribution >= 0.6 is 22.6 Å². The molecule has 13 heavy (non-hydrogen) atoms. The fourth-order valence-electron chi connectivity index (χ4n) is 0.938. The second-order valence-electron chi connectivity index (χ2n) is 2.97. The molecule has 0 aliphatic heterocycles. The number of hydrogen-bond acceptors (Lipinski definition) is 2. The smallest absolute Gasteiger partial charge is 0.150 e. The van der Waals surface area contributed by atoms with Crippen molar-refractivity contribution in [3.63, 3.8) is 0 Å². The second kappa shape index (κ2) is 4.60. The zero-order chi connectivity index (χ0) is 9.84. The van der Waals surface area contributed by atoms with Gasteiger partial charge in [-0.3, -0.25) is 4.79 Å². The summed E-state index contributed by atoms with van der Waals surface area (Å²) in [6, 6.07) is 5.42. The summed E-state index contributed by atoms with van der Waals surface area (Å²) in [5.74, 6) is 0.778. The zero-order valence-corrected chi connectivity index (χ0v) is 9.74. The maximum absolute atomic E-state index is 10.5. The lowest BCUT2D eigenvalue weighted by molar-refractivity contribution is 0.112. The van der Waals surface area contributed by atoms with Crippen LogP contribution in [0.15, 0.2) is 18.2 Å². The van der Waals surface area contributed by atoms with E-state index in [-0.39, 0.29) is 6.10 Å². The largest absolute Gasteiger partial charge is 0.490 e. The molecule has 1 rings (SSSR count). The molecule has 0 N–H and O–H groups in total. The Kier molecular flexibility index (Phi) is 3.71. The number of carbonyl (C=O) groups is 1. The molecule has 0 aliphatic rings. The van der Waals surface area contributed by atoms with Gasteiger partial charge in [-0.25, -0.2) is 0 Å². The van der Waals surface area contributed by atoms with Crippen LogP contribution in [-0.2, 0) is 0 Å². The summed E-state index contributed by atoms with van der Waals surface area (Å²) in [7, 11) is 0. The van der Waals surface area contributed by atoms with E-state index >= 15 is 0 Å². The molecule has 0 unspecified atom stereocenters. The Bertz CT molecular complexity index is 308. The summed E-state index contributed by atoms with van der Waals surface area (Å²) in [6.07, 6.45) is 0.957. The molecule has 0 saturated carbocycles. The number of ether oxygens (including phenoxy) is 1. The van der Waals surface area contributed by atoms with Crippen LogP contribution in [0.1, 0.15) is 24.2 Å². The van der Waals surface area contributed by atoms with E-state index < -0.39 is 0 Å². The van der Waals surface area contributed by atoms with Gasteiger partial charge in [0.25, 0.3) is 0 Å². The normalized spacial score (nSPS) is 10.2. The van der Waals surface area contributed by atoms with Gasteiger partial charge < -0.3 is 4.74 Å². The van der Waals surface area contributed by atoms with E-state index in [1.165, 1.54) is 0 Å². The molecule has 0 spiro atoms. The molecular formula is C10H11IO2. The third-order valence-corrected chi connectivity index (χ3v) is 2.35. The number of benzene rings is 1. The Morgan fingerprint density at radius 1 is 1.46 bits per heavy atom. The molecule has 3 heteroatoms. The molecule has 70 valence electrons. The van der Waals surface area contributed by atoms with Gasteiger partial charge in [-0.1, -0.05) is 6.07 Å². The van der Waals surface area contributed by atoms with Gasteiger partial charge in [0.05, 0.1) is 9.67 Å². The Labute approximate surface area is 91.4 Å². The lowest BCUT2D eigenvalue weighted by atomic mass is 10.2. The van der Waals surface area contributed by atoms with Crippen molar-refractivity contribution in [3.8, 4) is 5.75 Å². The monoisotopic (exact) mass is 290 g/mol. The summed E-state index contributed by atoms with van der Waals surface area (Å²) in [6.45, 7) is 3.92. The minimum atomic E-state index is 0.135. The maximum atomic E-state index is 10.5. The number of rotatable bonds is 3. The molecule has 0 aliphatic carbocycles. The molecular weight excluding hydrogens is 279 g/mol. The fourth-order valence-corrected chi connectivity index (χ4v) is 1.40. The molecule has 0 radical (unpaired) electrons. The topological polar surface area (TPSA) is 26.3 Å². The van der Waals surface area contributed by atoms with Crippen LogP contribution in [0.5, 0.6) is 5.75 Å². The predicted octanol–water partition coefficient (Wildman–Crippen LogP) is 2.89. The molecule has 2 nitrogen and oxygen atoms in total. The average molecular weight is 290 g/mol. The molecule has 0 heterocycles. The summed E-state index contributed by atoms with van der Waals surface area (Å²) >= 11 is 2.19. The minimum Gasteiger partial charge on any atom is -0.490 e. The van der Waals surface area contributed by atoms with Crippen molar-refractivity contribution < 1.29 is 9.53 Å². The first-order chi connectivity index (χ1) is 6.13. The Hall–Kier alpha value is -0.580. The van der Waals surface area contributed by atoms with Gasteiger partial charge in [0.15, 0.2) is 0 Å². The minimum absolute atomic E-state index is 0.135. The number of carbonyl (C=O) groups excluding carboxylic acids is 1. The van der Waals surface area contributed by atoms with E-state index in [0.29, 0.717) is 5.56 Å². The highest BCUT2D eigenvalue weighted by molar-refractivity contribution is 14.1. The van der Waals surface area contributed by atoms with Gasteiger partial charge in [0.1, 0.15) is 12.0 Å². The fraction of sp³-hybridized carbons (Fsp3) is 0.300. The third-order valence-electron chi connectivity index (χ3n) is 1.45. The molecule has 0 bridgehead atoms. The Morgan fingerprint density at radius 2 is 2.15 bits per heavy atom. The lowest BCUT2D eigenvalue weighted by Gasteiger charge is -2.11. The van der Waals surface area contributed by atoms with E-state index in [1.54, 1.807) is 12.1 Å². The standard InChI is InChI=1S/C10H11IO2/c1-7(2)13-10-5-8(6-12)3-4-9(10)11/h3-7H,1-2H3. The van der Waals surface area contributed by atoms with Crippen LogP contribution in [-0.4, -0.2) is 12.4 Å².